The zero-order valence-corrected chi connectivity index (χ0v) is 18.6. The summed E-state index contributed by atoms with van der Waals surface area (Å²) in [7, 11) is 0. The Bertz CT molecular complexity index is 897. The molecular formula is C25H29OTi. The van der Waals surface area contributed by atoms with E-state index in [9.17, 15) is 5.11 Å². The van der Waals surface area contributed by atoms with Gasteiger partial charge in [0.15, 0.2) is 0 Å². The molecule has 0 aromatic heterocycles. The first-order chi connectivity index (χ1) is 11.1. The van der Waals surface area contributed by atoms with E-state index >= 15 is 0 Å². The van der Waals surface area contributed by atoms with Crippen LogP contribution in [0.3, 0.4) is 0 Å². The number of hydrogen-bond donors (Lipinski definition) is 1. The number of benzene rings is 3. The molecule has 1 nitrogen and oxygen atoms in total. The van der Waals surface area contributed by atoms with E-state index in [-0.39, 0.29) is 44.0 Å². The van der Waals surface area contributed by atoms with Crippen molar-refractivity contribution < 1.29 is 26.8 Å². The third-order valence-electron chi connectivity index (χ3n) is 4.79. The quantitative estimate of drug-likeness (QED) is 0.284. The van der Waals surface area contributed by atoms with E-state index in [1.54, 1.807) is 0 Å². The van der Waals surface area contributed by atoms with Crippen molar-refractivity contribution >= 4 is 0 Å². The molecule has 2 heteroatoms. The Morgan fingerprint density at radius 3 is 2.07 bits per heavy atom. The van der Waals surface area contributed by atoms with Gasteiger partial charge in [0, 0.05) is 5.56 Å². The summed E-state index contributed by atoms with van der Waals surface area (Å²) in [4.78, 5) is 0. The van der Waals surface area contributed by atoms with E-state index in [1.807, 2.05) is 18.2 Å². The fourth-order valence-electron chi connectivity index (χ4n) is 3.57. The van der Waals surface area contributed by atoms with Gasteiger partial charge in [0.2, 0.25) is 0 Å². The van der Waals surface area contributed by atoms with Crippen LogP contribution in [0.4, 0.5) is 0 Å². The first kappa shape index (κ1) is 25.2. The summed E-state index contributed by atoms with van der Waals surface area (Å²) in [6.07, 6.45) is 0.976. The molecule has 139 valence electrons. The Labute approximate surface area is 180 Å². The van der Waals surface area contributed by atoms with Gasteiger partial charge in [-0.05, 0) is 45.7 Å². The largest absolute Gasteiger partial charge is 3.00 e. The van der Waals surface area contributed by atoms with Crippen molar-refractivity contribution in [2.24, 2.45) is 0 Å². The Balaban J connectivity index is 0.00000169. The van der Waals surface area contributed by atoms with E-state index in [0.717, 1.165) is 23.1 Å². The smallest absolute Gasteiger partial charge is 0.507 e. The van der Waals surface area contributed by atoms with E-state index in [4.69, 9.17) is 0 Å². The van der Waals surface area contributed by atoms with Gasteiger partial charge in [0.05, 0.1) is 0 Å². The topological polar surface area (TPSA) is 20.2 Å². The van der Waals surface area contributed by atoms with Crippen molar-refractivity contribution in [3.63, 3.8) is 0 Å². The number of hydrogen-bond acceptors (Lipinski definition) is 1. The van der Waals surface area contributed by atoms with E-state index in [2.05, 4.69) is 56.3 Å². The van der Waals surface area contributed by atoms with Gasteiger partial charge in [-0.15, -0.1) is 0 Å². The van der Waals surface area contributed by atoms with Crippen LogP contribution in [0.25, 0.3) is 22.3 Å². The second kappa shape index (κ2) is 9.92. The third kappa shape index (κ3) is 4.37. The molecule has 3 aromatic carbocycles. The summed E-state index contributed by atoms with van der Waals surface area (Å²) in [6, 6.07) is 21.2. The molecule has 27 heavy (non-hydrogen) atoms. The second-order valence-corrected chi connectivity index (χ2v) is 6.60. The molecule has 0 bridgehead atoms. The van der Waals surface area contributed by atoms with Crippen LogP contribution in [0.1, 0.15) is 36.5 Å². The Kier molecular flexibility index (Phi) is 9.25. The molecular weight excluding hydrogens is 364 g/mol. The van der Waals surface area contributed by atoms with Crippen molar-refractivity contribution in [1.82, 2.24) is 0 Å². The van der Waals surface area contributed by atoms with Crippen LogP contribution in [0.15, 0.2) is 60.7 Å². The van der Waals surface area contributed by atoms with Crippen molar-refractivity contribution in [2.45, 2.75) is 26.2 Å². The van der Waals surface area contributed by atoms with Gasteiger partial charge >= 0.3 is 21.7 Å². The van der Waals surface area contributed by atoms with Crippen molar-refractivity contribution in [3.05, 3.63) is 99.6 Å². The Hall–Kier alpha value is -1.83. The van der Waals surface area contributed by atoms with Gasteiger partial charge in [-0.2, -0.15) is 0 Å². The fraction of sp³-hybridized carbons (Fsp3) is 0.160. The first-order valence-electron chi connectivity index (χ1n) is 8.18. The minimum atomic E-state index is 0. The molecule has 0 spiro atoms. The molecule has 0 atom stereocenters. The minimum absolute atomic E-state index is 0. The van der Waals surface area contributed by atoms with Crippen LogP contribution in [-0.2, 0) is 28.1 Å². The zero-order valence-electron chi connectivity index (χ0n) is 17.0. The number of phenolic OH excluding ortho intramolecular Hbond substituents is 1. The van der Waals surface area contributed by atoms with E-state index in [0.29, 0.717) is 11.7 Å². The monoisotopic (exact) mass is 393 g/mol. The standard InChI is InChI=1S/C22H20O.3CH3.Ti/c1-14(2)18-8-5-9-21(22(18)23)16-10-11-20-17(13-16)12-15-6-3-4-7-19(15)20;;;;/h3-11,13-14,23H,12H2,1-2H3;3*1H3;/q;3*-1;+3. The normalized spacial score (nSPS) is 10.5. The van der Waals surface area contributed by atoms with E-state index < -0.39 is 0 Å². The maximum absolute atomic E-state index is 10.6. The number of phenols is 1. The molecule has 3 aromatic rings. The summed E-state index contributed by atoms with van der Waals surface area (Å²) in [5.74, 6) is 0.728. The summed E-state index contributed by atoms with van der Waals surface area (Å²) in [5.41, 5.74) is 8.42. The molecule has 0 unspecified atom stereocenters. The zero-order chi connectivity index (χ0) is 16.0. The molecule has 0 heterocycles. The van der Waals surface area contributed by atoms with Crippen LogP contribution in [-0.4, -0.2) is 5.11 Å². The maximum Gasteiger partial charge on any atom is 3.00 e. The fourth-order valence-corrected chi connectivity index (χ4v) is 3.57. The Morgan fingerprint density at radius 2 is 1.37 bits per heavy atom. The van der Waals surface area contributed by atoms with E-state index in [1.165, 1.54) is 22.3 Å². The Morgan fingerprint density at radius 1 is 0.741 bits per heavy atom. The second-order valence-electron chi connectivity index (χ2n) is 6.60. The number of fused-ring (bicyclic) bond motifs is 3. The molecule has 1 aliphatic carbocycles. The molecule has 4 rings (SSSR count). The summed E-state index contributed by atoms with van der Waals surface area (Å²) in [6.45, 7) is 4.22. The maximum atomic E-state index is 10.6. The molecule has 0 aliphatic heterocycles. The molecule has 0 saturated carbocycles. The molecule has 1 N–H and O–H groups in total. The van der Waals surface area contributed by atoms with Gasteiger partial charge in [-0.25, -0.2) is 0 Å². The van der Waals surface area contributed by atoms with Crippen LogP contribution in [0.2, 0.25) is 0 Å². The van der Waals surface area contributed by atoms with Gasteiger partial charge in [0.1, 0.15) is 5.75 Å². The number of rotatable bonds is 2. The molecule has 0 saturated heterocycles. The SMILES string of the molecule is CC(C)c1cccc(-c2ccc3c(c2)Cc2ccccc2-3)c1O.[CH3-].[CH3-].[CH3-].[Ti+3]. The predicted octanol–water partition coefficient (Wildman–Crippen LogP) is 7.10. The third-order valence-corrected chi connectivity index (χ3v) is 4.79. The van der Waals surface area contributed by atoms with Crippen LogP contribution in [0.5, 0.6) is 5.75 Å². The predicted molar refractivity (Wildman–Crippen MR) is 115 cm³/mol. The average Bonchev–Trinajstić information content (AvgIpc) is 2.92. The first-order valence-corrected chi connectivity index (χ1v) is 8.18. The van der Waals surface area contributed by atoms with Gasteiger partial charge < -0.3 is 27.4 Å². The summed E-state index contributed by atoms with van der Waals surface area (Å²) < 4.78 is 0. The number of para-hydroxylation sites is 1. The van der Waals surface area contributed by atoms with Crippen LogP contribution < -0.4 is 0 Å². The van der Waals surface area contributed by atoms with Gasteiger partial charge in [-0.3, -0.25) is 0 Å². The number of aromatic hydroxyl groups is 1. The van der Waals surface area contributed by atoms with Gasteiger partial charge in [0.25, 0.3) is 0 Å². The van der Waals surface area contributed by atoms with Crippen molar-refractivity contribution in [3.8, 4) is 28.0 Å². The van der Waals surface area contributed by atoms with Gasteiger partial charge in [-0.1, -0.05) is 74.5 Å². The molecule has 1 radical (unpaired) electrons. The van der Waals surface area contributed by atoms with Crippen molar-refractivity contribution in [2.75, 3.05) is 0 Å². The summed E-state index contributed by atoms with van der Waals surface area (Å²) >= 11 is 0. The minimum Gasteiger partial charge on any atom is -0.507 e. The molecule has 0 fully saturated rings. The molecule has 1 aliphatic rings. The van der Waals surface area contributed by atoms with Crippen molar-refractivity contribution in [1.29, 1.82) is 0 Å². The van der Waals surface area contributed by atoms with Crippen LogP contribution >= 0.6 is 0 Å². The van der Waals surface area contributed by atoms with Crippen LogP contribution in [0, 0.1) is 22.3 Å². The average molecular weight is 393 g/mol. The molecule has 0 amide bonds. The summed E-state index contributed by atoms with van der Waals surface area (Å²) in [5, 5.41) is 10.6.